The number of nitrogens with zero attached hydrogens (tertiary/aromatic N) is 1. The van der Waals surface area contributed by atoms with Crippen LogP contribution >= 0.6 is 0 Å². The Morgan fingerprint density at radius 3 is 1.88 bits per heavy atom. The number of para-hydroxylation sites is 1. The van der Waals surface area contributed by atoms with E-state index in [0.717, 1.165) is 34.5 Å². The molecule has 2 heteroatoms. The zero-order chi connectivity index (χ0) is 38.9. The molecule has 59 heavy (non-hydrogen) atoms. The van der Waals surface area contributed by atoms with Crippen molar-refractivity contribution in [1.29, 1.82) is 0 Å². The molecule has 2 aliphatic rings. The summed E-state index contributed by atoms with van der Waals surface area (Å²) in [6, 6.07) is 75.9. The molecule has 1 aromatic heterocycles. The van der Waals surface area contributed by atoms with Crippen LogP contribution in [0.1, 0.15) is 40.2 Å². The van der Waals surface area contributed by atoms with Crippen LogP contribution in [0.2, 0.25) is 0 Å². The first kappa shape index (κ1) is 33.7. The average molecular weight is 754 g/mol. The Hall–Kier alpha value is -7.42. The van der Waals surface area contributed by atoms with Gasteiger partial charge >= 0.3 is 0 Å². The monoisotopic (exact) mass is 753 g/mol. The zero-order valence-corrected chi connectivity index (χ0v) is 32.4. The molecule has 0 unspecified atom stereocenters. The Labute approximate surface area is 343 Å². The number of benzene rings is 9. The van der Waals surface area contributed by atoms with Gasteiger partial charge in [-0.3, -0.25) is 0 Å². The fraction of sp³-hybridized carbons (Fsp3) is 0.0526. The Kier molecular flexibility index (Phi) is 7.61. The van der Waals surface area contributed by atoms with Gasteiger partial charge < -0.3 is 9.32 Å². The van der Waals surface area contributed by atoms with Gasteiger partial charge in [-0.2, -0.15) is 0 Å². The van der Waals surface area contributed by atoms with Crippen molar-refractivity contribution in [2.45, 2.75) is 17.8 Å². The van der Waals surface area contributed by atoms with Gasteiger partial charge in [0.25, 0.3) is 0 Å². The van der Waals surface area contributed by atoms with Crippen molar-refractivity contribution in [3.8, 4) is 11.1 Å². The van der Waals surface area contributed by atoms with Crippen LogP contribution < -0.4 is 15.5 Å². The molecule has 1 atom stereocenters. The van der Waals surface area contributed by atoms with Gasteiger partial charge in [0.1, 0.15) is 11.0 Å². The molecule has 2 aliphatic carbocycles. The molecule has 0 saturated heterocycles. The van der Waals surface area contributed by atoms with Gasteiger partial charge in [0.15, 0.2) is 0 Å². The minimum absolute atomic E-state index is 0.217. The minimum atomic E-state index is -0.462. The molecular formula is C57H39NO. The molecule has 12 rings (SSSR count). The van der Waals surface area contributed by atoms with E-state index < -0.39 is 5.41 Å². The topological polar surface area (TPSA) is 16.4 Å². The summed E-state index contributed by atoms with van der Waals surface area (Å²) in [5, 5.41) is 7.30. The second kappa shape index (κ2) is 13.3. The predicted octanol–water partition coefficient (Wildman–Crippen LogP) is 13.3. The molecule has 0 N–H and O–H groups in total. The first-order valence-corrected chi connectivity index (χ1v) is 20.6. The Bertz CT molecular complexity index is 3330. The van der Waals surface area contributed by atoms with E-state index in [-0.39, 0.29) is 5.92 Å². The summed E-state index contributed by atoms with van der Waals surface area (Å²) in [5.41, 5.74) is 13.9. The normalized spacial score (nSPS) is 14.9. The second-order valence-corrected chi connectivity index (χ2v) is 15.9. The molecule has 0 spiro atoms. The van der Waals surface area contributed by atoms with Crippen LogP contribution in [0.4, 0.5) is 17.1 Å². The van der Waals surface area contributed by atoms with Gasteiger partial charge in [0.2, 0.25) is 0 Å². The average Bonchev–Trinajstić information content (AvgIpc) is 3.83. The number of hydrogen-bond donors (Lipinski definition) is 0. The number of furan rings is 1. The van der Waals surface area contributed by atoms with E-state index in [0.29, 0.717) is 0 Å². The third-order valence-electron chi connectivity index (χ3n) is 12.8. The van der Waals surface area contributed by atoms with Gasteiger partial charge in [0, 0.05) is 33.3 Å². The van der Waals surface area contributed by atoms with E-state index in [1.165, 1.54) is 71.1 Å². The Balaban J connectivity index is 1.06. The highest BCUT2D eigenvalue weighted by atomic mass is 16.3. The lowest BCUT2D eigenvalue weighted by Gasteiger charge is -2.34. The standard InChI is InChI=1S/C57H39NO/c1-2-17-41(18-3-1)57(52-26-11-8-22-47(52)48-23-9-12-27-53(48)57)42-30-32-43(33-31-42)58(54-37-40-15-4-5-20-45(40)46-21-6-7-24-49(46)54)44-19-14-16-38(35-44)39-29-34-56-51(36-39)50-25-10-13-28-55(50)59-56/h1-28,30-37,39H,29H2/t39-/m1/s1. The van der Waals surface area contributed by atoms with E-state index >= 15 is 0 Å². The SMILES string of the molecule is C1=c2oc3ccccc3c2=C[C@H](c2cccc(N(c3ccc(C4(c5ccccc5)c5ccccc5-c5ccccc54)cc3)c3cc4ccccc4c4ccccc34)c2)C1. The van der Waals surface area contributed by atoms with Crippen molar-refractivity contribution < 1.29 is 4.42 Å². The van der Waals surface area contributed by atoms with E-state index in [9.17, 15) is 0 Å². The van der Waals surface area contributed by atoms with Crippen LogP contribution in [-0.4, -0.2) is 0 Å². The molecule has 0 radical (unpaired) electrons. The van der Waals surface area contributed by atoms with E-state index in [2.05, 4.69) is 217 Å². The maximum absolute atomic E-state index is 6.25. The van der Waals surface area contributed by atoms with Crippen molar-refractivity contribution in [3.63, 3.8) is 0 Å². The lowest BCUT2D eigenvalue weighted by molar-refractivity contribution is 0.570. The molecule has 2 nitrogen and oxygen atoms in total. The lowest BCUT2D eigenvalue weighted by Crippen LogP contribution is -2.28. The number of hydrogen-bond acceptors (Lipinski definition) is 2. The summed E-state index contributed by atoms with van der Waals surface area (Å²) in [6.45, 7) is 0. The quantitative estimate of drug-likeness (QED) is 0.157. The maximum Gasteiger partial charge on any atom is 0.135 e. The van der Waals surface area contributed by atoms with Crippen molar-refractivity contribution in [3.05, 3.63) is 245 Å². The summed E-state index contributed by atoms with van der Waals surface area (Å²) in [6.07, 6.45) is 5.56. The van der Waals surface area contributed by atoms with Crippen molar-refractivity contribution in [2.24, 2.45) is 0 Å². The molecule has 0 aliphatic heterocycles. The highest BCUT2D eigenvalue weighted by Gasteiger charge is 2.45. The van der Waals surface area contributed by atoms with E-state index in [4.69, 9.17) is 4.42 Å². The minimum Gasteiger partial charge on any atom is -0.456 e. The molecular weight excluding hydrogens is 715 g/mol. The second-order valence-electron chi connectivity index (χ2n) is 15.9. The molecule has 278 valence electrons. The first-order chi connectivity index (χ1) is 29.3. The third kappa shape index (κ3) is 5.13. The molecule has 0 fully saturated rings. The smallest absolute Gasteiger partial charge is 0.135 e. The van der Waals surface area contributed by atoms with Crippen molar-refractivity contribution in [2.75, 3.05) is 4.90 Å². The molecule has 0 saturated carbocycles. The molecule has 1 heterocycles. The van der Waals surface area contributed by atoms with Crippen LogP contribution in [0.3, 0.4) is 0 Å². The van der Waals surface area contributed by atoms with Gasteiger partial charge in [-0.05, 0) is 104 Å². The van der Waals surface area contributed by atoms with Crippen LogP contribution in [0.25, 0.3) is 55.8 Å². The summed E-state index contributed by atoms with van der Waals surface area (Å²) < 4.78 is 6.25. The van der Waals surface area contributed by atoms with Crippen LogP contribution in [0.15, 0.2) is 211 Å². The summed E-state index contributed by atoms with van der Waals surface area (Å²) >= 11 is 0. The summed E-state index contributed by atoms with van der Waals surface area (Å²) in [7, 11) is 0. The Morgan fingerprint density at radius 1 is 0.475 bits per heavy atom. The molecule has 10 aromatic rings. The van der Waals surface area contributed by atoms with Gasteiger partial charge in [-0.15, -0.1) is 0 Å². The Morgan fingerprint density at radius 2 is 1.10 bits per heavy atom. The molecule has 0 amide bonds. The fourth-order valence-corrected chi connectivity index (χ4v) is 10.3. The maximum atomic E-state index is 6.25. The van der Waals surface area contributed by atoms with Crippen LogP contribution in [0.5, 0.6) is 0 Å². The zero-order valence-electron chi connectivity index (χ0n) is 32.4. The van der Waals surface area contributed by atoms with Crippen LogP contribution in [0, 0.1) is 0 Å². The lowest BCUT2D eigenvalue weighted by atomic mass is 9.68. The molecule has 9 aromatic carbocycles. The van der Waals surface area contributed by atoms with Gasteiger partial charge in [-0.25, -0.2) is 0 Å². The highest BCUT2D eigenvalue weighted by Crippen LogP contribution is 2.56. The third-order valence-corrected chi connectivity index (χ3v) is 12.8. The number of fused-ring (bicyclic) bond motifs is 9. The first-order valence-electron chi connectivity index (χ1n) is 20.6. The summed E-state index contributed by atoms with van der Waals surface area (Å²) in [5.74, 6) is 0.217. The van der Waals surface area contributed by atoms with Gasteiger partial charge in [-0.1, -0.05) is 176 Å². The van der Waals surface area contributed by atoms with Gasteiger partial charge in [0.05, 0.1) is 11.1 Å². The van der Waals surface area contributed by atoms with Crippen molar-refractivity contribution >= 4 is 61.7 Å². The largest absolute Gasteiger partial charge is 0.456 e. The fourth-order valence-electron chi connectivity index (χ4n) is 10.3. The predicted molar refractivity (Wildman–Crippen MR) is 245 cm³/mol. The number of anilines is 3. The van der Waals surface area contributed by atoms with E-state index in [1.807, 2.05) is 6.07 Å². The number of rotatable bonds is 6. The van der Waals surface area contributed by atoms with Crippen molar-refractivity contribution in [1.82, 2.24) is 0 Å². The molecule has 0 bridgehead atoms. The summed E-state index contributed by atoms with van der Waals surface area (Å²) in [4.78, 5) is 2.47. The highest BCUT2D eigenvalue weighted by molar-refractivity contribution is 6.14. The van der Waals surface area contributed by atoms with E-state index in [1.54, 1.807) is 0 Å². The van der Waals surface area contributed by atoms with Crippen LogP contribution in [-0.2, 0) is 5.41 Å².